The van der Waals surface area contributed by atoms with E-state index in [1.807, 2.05) is 24.3 Å². The highest BCUT2D eigenvalue weighted by molar-refractivity contribution is 6.12. The summed E-state index contributed by atoms with van der Waals surface area (Å²) in [6, 6.07) is 15.0. The molecule has 0 spiro atoms. The monoisotopic (exact) mass is 501 g/mol. The molecule has 1 heterocycles. The highest BCUT2D eigenvalue weighted by Crippen LogP contribution is 2.36. The maximum Gasteiger partial charge on any atom is 0.193 e. The molecule has 6 heteroatoms. The molecule has 2 aliphatic rings. The number of aromatic hydroxyl groups is 1. The molecule has 1 fully saturated rings. The number of nitrogens with zero attached hydrogens (tertiary/aromatic N) is 1. The second-order valence-electron chi connectivity index (χ2n) is 9.69. The third kappa shape index (κ3) is 5.70. The molecular formula is C31H32FNO4. The standard InChI is InChI=1S/C31H32FNO4/c1-36-26-10-7-21-17-23(6-5-22(21)18-26)28-20-25(34)9-11-27(28)31(35)24-8-12-30(29(32)19-24)37-16-15-33-13-3-2-4-14-33/h7-12,17-20,34H,2-6,13-16H2,1H3. The number of aryl methyl sites for hydroxylation is 1. The lowest BCUT2D eigenvalue weighted by Gasteiger charge is -2.26. The summed E-state index contributed by atoms with van der Waals surface area (Å²) in [6.07, 6.45) is 7.21. The molecule has 3 aromatic carbocycles. The maximum atomic E-state index is 14.9. The molecule has 0 unspecified atom stereocenters. The number of phenols is 1. The highest BCUT2D eigenvalue weighted by atomic mass is 19.1. The van der Waals surface area contributed by atoms with Crippen LogP contribution in [-0.2, 0) is 6.42 Å². The van der Waals surface area contributed by atoms with Crippen molar-refractivity contribution in [1.29, 1.82) is 0 Å². The lowest BCUT2D eigenvalue weighted by Crippen LogP contribution is -2.33. The number of benzene rings is 3. The van der Waals surface area contributed by atoms with Crippen LogP contribution >= 0.6 is 0 Å². The van der Waals surface area contributed by atoms with Crippen molar-refractivity contribution >= 4 is 17.4 Å². The number of ketones is 1. The summed E-state index contributed by atoms with van der Waals surface area (Å²) in [5, 5.41) is 10.2. The minimum Gasteiger partial charge on any atom is -0.508 e. The Kier molecular flexibility index (Phi) is 7.56. The third-order valence-electron chi connectivity index (χ3n) is 7.25. The van der Waals surface area contributed by atoms with Gasteiger partial charge in [0.1, 0.15) is 18.1 Å². The zero-order valence-electron chi connectivity index (χ0n) is 21.1. The predicted molar refractivity (Wildman–Crippen MR) is 143 cm³/mol. The molecular weight excluding hydrogens is 469 g/mol. The van der Waals surface area contributed by atoms with Crippen LogP contribution in [0.1, 0.15) is 58.3 Å². The van der Waals surface area contributed by atoms with Gasteiger partial charge in [0.05, 0.1) is 7.11 Å². The molecule has 5 nitrogen and oxygen atoms in total. The van der Waals surface area contributed by atoms with Crippen LogP contribution in [0.15, 0.2) is 54.6 Å². The molecule has 1 aliphatic carbocycles. The number of allylic oxidation sites excluding steroid dienone is 1. The summed E-state index contributed by atoms with van der Waals surface area (Å²) in [7, 11) is 1.65. The van der Waals surface area contributed by atoms with E-state index < -0.39 is 5.82 Å². The predicted octanol–water partition coefficient (Wildman–Crippen LogP) is 6.12. The number of hydrogen-bond donors (Lipinski definition) is 1. The van der Waals surface area contributed by atoms with Gasteiger partial charge in [0.15, 0.2) is 17.3 Å². The average molecular weight is 502 g/mol. The van der Waals surface area contributed by atoms with Gasteiger partial charge in [-0.15, -0.1) is 0 Å². The second kappa shape index (κ2) is 11.2. The molecule has 37 heavy (non-hydrogen) atoms. The normalized spacial score (nSPS) is 15.6. The van der Waals surface area contributed by atoms with Crippen LogP contribution in [0.25, 0.3) is 11.6 Å². The summed E-state index contributed by atoms with van der Waals surface area (Å²) >= 11 is 0. The van der Waals surface area contributed by atoms with Crippen LogP contribution in [-0.4, -0.2) is 49.1 Å². The Bertz CT molecular complexity index is 1330. The number of carbonyl (C=O) groups excluding carboxylic acids is 1. The number of likely N-dealkylation sites (tertiary alicyclic amines) is 1. The molecule has 5 rings (SSSR count). The summed E-state index contributed by atoms with van der Waals surface area (Å²) in [5.74, 6) is 0.197. The number of piperidine rings is 1. The second-order valence-corrected chi connectivity index (χ2v) is 9.69. The molecule has 3 aromatic rings. The summed E-state index contributed by atoms with van der Waals surface area (Å²) in [6.45, 7) is 3.30. The Labute approximate surface area is 217 Å². The van der Waals surface area contributed by atoms with Crippen molar-refractivity contribution in [3.63, 3.8) is 0 Å². The van der Waals surface area contributed by atoms with Gasteiger partial charge in [0, 0.05) is 17.7 Å². The molecule has 0 radical (unpaired) electrons. The summed E-state index contributed by atoms with van der Waals surface area (Å²) < 4.78 is 25.9. The van der Waals surface area contributed by atoms with Crippen molar-refractivity contribution in [2.24, 2.45) is 0 Å². The average Bonchev–Trinajstić information content (AvgIpc) is 2.93. The summed E-state index contributed by atoms with van der Waals surface area (Å²) in [4.78, 5) is 15.8. The number of fused-ring (bicyclic) bond motifs is 1. The molecule has 192 valence electrons. The van der Waals surface area contributed by atoms with Gasteiger partial charge in [-0.1, -0.05) is 18.6 Å². The fourth-order valence-corrected chi connectivity index (χ4v) is 5.19. The number of methoxy groups -OCH3 is 1. The van der Waals surface area contributed by atoms with Gasteiger partial charge in [-0.3, -0.25) is 9.69 Å². The van der Waals surface area contributed by atoms with Crippen LogP contribution in [0.2, 0.25) is 0 Å². The molecule has 0 bridgehead atoms. The fraction of sp³-hybridized carbons (Fsp3) is 0.323. The van der Waals surface area contributed by atoms with Crippen molar-refractivity contribution in [3.8, 4) is 17.2 Å². The highest BCUT2D eigenvalue weighted by Gasteiger charge is 2.21. The Morgan fingerprint density at radius 1 is 1.00 bits per heavy atom. The van der Waals surface area contributed by atoms with Crippen molar-refractivity contribution in [1.82, 2.24) is 4.90 Å². The van der Waals surface area contributed by atoms with Gasteiger partial charge < -0.3 is 14.6 Å². The minimum atomic E-state index is -0.551. The van der Waals surface area contributed by atoms with E-state index in [1.165, 1.54) is 43.0 Å². The van der Waals surface area contributed by atoms with E-state index in [9.17, 15) is 14.3 Å². The Morgan fingerprint density at radius 2 is 1.84 bits per heavy atom. The number of phenolic OH excluding ortho intramolecular Hbond substituents is 1. The van der Waals surface area contributed by atoms with E-state index in [4.69, 9.17) is 9.47 Å². The van der Waals surface area contributed by atoms with Crippen molar-refractivity contribution < 1.29 is 23.8 Å². The van der Waals surface area contributed by atoms with Crippen LogP contribution in [0.3, 0.4) is 0 Å². The quantitative estimate of drug-likeness (QED) is 0.377. The molecule has 0 aromatic heterocycles. The molecule has 0 atom stereocenters. The lowest BCUT2D eigenvalue weighted by molar-refractivity contribution is 0.103. The van der Waals surface area contributed by atoms with Crippen molar-refractivity contribution in [3.05, 3.63) is 88.2 Å². The van der Waals surface area contributed by atoms with E-state index in [2.05, 4.69) is 4.90 Å². The first-order valence-electron chi connectivity index (χ1n) is 12.9. The topological polar surface area (TPSA) is 59.0 Å². The van der Waals surface area contributed by atoms with E-state index in [-0.39, 0.29) is 22.8 Å². The van der Waals surface area contributed by atoms with E-state index in [1.54, 1.807) is 25.3 Å². The van der Waals surface area contributed by atoms with Gasteiger partial charge in [-0.05, 0) is 110 Å². The lowest BCUT2D eigenvalue weighted by atomic mass is 9.85. The van der Waals surface area contributed by atoms with Crippen LogP contribution in [0.4, 0.5) is 4.39 Å². The van der Waals surface area contributed by atoms with E-state index >= 15 is 0 Å². The first-order valence-corrected chi connectivity index (χ1v) is 12.9. The van der Waals surface area contributed by atoms with Crippen molar-refractivity contribution in [2.75, 3.05) is 33.4 Å². The number of hydrogen-bond acceptors (Lipinski definition) is 5. The largest absolute Gasteiger partial charge is 0.508 e. The zero-order chi connectivity index (χ0) is 25.8. The number of rotatable bonds is 8. The Hall–Kier alpha value is -3.64. The van der Waals surface area contributed by atoms with E-state index in [0.717, 1.165) is 42.9 Å². The van der Waals surface area contributed by atoms with Crippen LogP contribution in [0, 0.1) is 5.82 Å². The summed E-state index contributed by atoms with van der Waals surface area (Å²) in [5.41, 5.74) is 4.52. The SMILES string of the molecule is COc1ccc2c(c1)CCC(c1cc(O)ccc1C(=O)c1ccc(OCCN3CCCCC3)c(F)c1)=C2. The maximum absolute atomic E-state index is 14.9. The molecule has 0 amide bonds. The van der Waals surface area contributed by atoms with E-state index in [0.29, 0.717) is 24.2 Å². The molecule has 0 saturated carbocycles. The minimum absolute atomic E-state index is 0.0802. The first kappa shape index (κ1) is 25.0. The van der Waals surface area contributed by atoms with Gasteiger partial charge in [-0.2, -0.15) is 0 Å². The Balaban J connectivity index is 1.35. The number of carbonyl (C=O) groups is 1. The van der Waals surface area contributed by atoms with Gasteiger partial charge in [-0.25, -0.2) is 4.39 Å². The number of ether oxygens (including phenoxy) is 2. The third-order valence-corrected chi connectivity index (χ3v) is 7.25. The van der Waals surface area contributed by atoms with Gasteiger partial charge in [0.25, 0.3) is 0 Å². The zero-order valence-corrected chi connectivity index (χ0v) is 21.1. The van der Waals surface area contributed by atoms with Crippen LogP contribution in [0.5, 0.6) is 17.2 Å². The molecule has 1 aliphatic heterocycles. The first-order chi connectivity index (χ1) is 18.0. The van der Waals surface area contributed by atoms with Gasteiger partial charge in [0.2, 0.25) is 0 Å². The van der Waals surface area contributed by atoms with Crippen molar-refractivity contribution in [2.45, 2.75) is 32.1 Å². The number of halogens is 1. The van der Waals surface area contributed by atoms with Crippen LogP contribution < -0.4 is 9.47 Å². The fourth-order valence-electron chi connectivity index (χ4n) is 5.19. The molecule has 1 N–H and O–H groups in total. The smallest absolute Gasteiger partial charge is 0.193 e. The Morgan fingerprint density at radius 3 is 2.62 bits per heavy atom. The van der Waals surface area contributed by atoms with Gasteiger partial charge >= 0.3 is 0 Å². The molecule has 1 saturated heterocycles.